The second-order valence-corrected chi connectivity index (χ2v) is 5.50. The average Bonchev–Trinajstić information content (AvgIpc) is 2.89. The van der Waals surface area contributed by atoms with E-state index in [2.05, 4.69) is 14.7 Å². The van der Waals surface area contributed by atoms with Crippen molar-refractivity contribution in [2.45, 2.75) is 11.4 Å². The Bertz CT molecular complexity index is 653. The molecule has 0 saturated carbocycles. The molecule has 4 N–H and O–H groups in total. The molecule has 0 spiro atoms. The topological polar surface area (TPSA) is 110 Å². The Morgan fingerprint density at radius 1 is 1.47 bits per heavy atom. The average molecular weight is 282 g/mol. The molecule has 0 aliphatic heterocycles. The molecule has 8 heteroatoms. The van der Waals surface area contributed by atoms with Crippen LogP contribution in [0.4, 0.5) is 5.69 Å². The van der Waals surface area contributed by atoms with Crippen LogP contribution in [0.5, 0.6) is 5.75 Å². The van der Waals surface area contributed by atoms with E-state index in [-0.39, 0.29) is 17.1 Å². The standard InChI is InChI=1S/C11H14N4O3S/c1-18-8-2-3-10(9(12)6-8)19(16,17)15-7-11-13-4-5-14-11/h2-6,15H,7,12H2,1H3,(H,13,14). The molecular formula is C11H14N4O3S. The van der Waals surface area contributed by atoms with Gasteiger partial charge in [-0.25, -0.2) is 18.1 Å². The number of methoxy groups -OCH3 is 1. The summed E-state index contributed by atoms with van der Waals surface area (Å²) in [6.07, 6.45) is 3.16. The van der Waals surface area contributed by atoms with Crippen LogP contribution in [0.25, 0.3) is 0 Å². The van der Waals surface area contributed by atoms with Gasteiger partial charge >= 0.3 is 0 Å². The van der Waals surface area contributed by atoms with Gasteiger partial charge in [-0.15, -0.1) is 0 Å². The monoisotopic (exact) mass is 282 g/mol. The second-order valence-electron chi connectivity index (χ2n) is 3.76. The lowest BCUT2D eigenvalue weighted by molar-refractivity contribution is 0.414. The molecule has 2 rings (SSSR count). The maximum Gasteiger partial charge on any atom is 0.243 e. The van der Waals surface area contributed by atoms with Crippen molar-refractivity contribution in [2.75, 3.05) is 12.8 Å². The summed E-state index contributed by atoms with van der Waals surface area (Å²) in [5.41, 5.74) is 5.84. The largest absolute Gasteiger partial charge is 0.497 e. The van der Waals surface area contributed by atoms with Crippen LogP contribution in [0.2, 0.25) is 0 Å². The van der Waals surface area contributed by atoms with E-state index < -0.39 is 10.0 Å². The van der Waals surface area contributed by atoms with Crippen molar-refractivity contribution in [1.29, 1.82) is 0 Å². The second kappa shape index (κ2) is 5.29. The van der Waals surface area contributed by atoms with Gasteiger partial charge < -0.3 is 15.5 Å². The summed E-state index contributed by atoms with van der Waals surface area (Å²) in [4.78, 5) is 6.75. The number of H-pyrrole nitrogens is 1. The van der Waals surface area contributed by atoms with Crippen LogP contribution in [0, 0.1) is 0 Å². The predicted octanol–water partition coefficient (Wildman–Crippen LogP) is 0.479. The van der Waals surface area contributed by atoms with E-state index in [1.165, 1.54) is 25.3 Å². The minimum atomic E-state index is -3.68. The van der Waals surface area contributed by atoms with Crippen molar-refractivity contribution in [2.24, 2.45) is 0 Å². The van der Waals surface area contributed by atoms with Crippen molar-refractivity contribution >= 4 is 15.7 Å². The van der Waals surface area contributed by atoms with E-state index in [4.69, 9.17) is 10.5 Å². The zero-order valence-electron chi connectivity index (χ0n) is 10.3. The zero-order valence-corrected chi connectivity index (χ0v) is 11.1. The Hall–Kier alpha value is -2.06. The normalized spacial score (nSPS) is 11.4. The number of hydrogen-bond donors (Lipinski definition) is 3. The van der Waals surface area contributed by atoms with E-state index in [0.29, 0.717) is 11.6 Å². The summed E-state index contributed by atoms with van der Waals surface area (Å²) >= 11 is 0. The van der Waals surface area contributed by atoms with Gasteiger partial charge in [0.25, 0.3) is 0 Å². The molecule has 1 aromatic heterocycles. The Morgan fingerprint density at radius 3 is 2.84 bits per heavy atom. The van der Waals surface area contributed by atoms with Gasteiger partial charge in [0.2, 0.25) is 10.0 Å². The van der Waals surface area contributed by atoms with Crippen molar-refractivity contribution in [1.82, 2.24) is 14.7 Å². The number of benzene rings is 1. The smallest absolute Gasteiger partial charge is 0.243 e. The first-order chi connectivity index (χ1) is 9.03. The van der Waals surface area contributed by atoms with Gasteiger partial charge in [0.05, 0.1) is 19.3 Å². The lowest BCUT2D eigenvalue weighted by atomic mass is 10.3. The van der Waals surface area contributed by atoms with Gasteiger partial charge in [-0.2, -0.15) is 0 Å². The first-order valence-electron chi connectivity index (χ1n) is 5.44. The Morgan fingerprint density at radius 2 is 2.26 bits per heavy atom. The van der Waals surface area contributed by atoms with Gasteiger partial charge in [-0.1, -0.05) is 0 Å². The molecule has 0 aliphatic rings. The highest BCUT2D eigenvalue weighted by Crippen LogP contribution is 2.23. The van der Waals surface area contributed by atoms with Gasteiger partial charge in [-0.3, -0.25) is 0 Å². The molecule has 2 aromatic rings. The fourth-order valence-corrected chi connectivity index (χ4v) is 2.63. The SMILES string of the molecule is COc1ccc(S(=O)(=O)NCc2ncc[nH]2)c(N)c1. The van der Waals surface area contributed by atoms with Crippen LogP contribution in [0.15, 0.2) is 35.5 Å². The molecule has 1 heterocycles. The molecule has 0 bridgehead atoms. The number of sulfonamides is 1. The summed E-state index contributed by atoms with van der Waals surface area (Å²) < 4.78 is 31.5. The van der Waals surface area contributed by atoms with E-state index in [9.17, 15) is 8.42 Å². The highest BCUT2D eigenvalue weighted by molar-refractivity contribution is 7.89. The molecular weight excluding hydrogens is 268 g/mol. The Kier molecular flexibility index (Phi) is 3.72. The Balaban J connectivity index is 2.19. The van der Waals surface area contributed by atoms with Gasteiger partial charge in [0.1, 0.15) is 16.5 Å². The van der Waals surface area contributed by atoms with Gasteiger partial charge in [-0.05, 0) is 12.1 Å². The third-order valence-electron chi connectivity index (χ3n) is 2.49. The number of nitrogens with one attached hydrogen (secondary N) is 2. The van der Waals surface area contributed by atoms with Crippen molar-refractivity contribution in [3.63, 3.8) is 0 Å². The van der Waals surface area contributed by atoms with Crippen LogP contribution in [-0.2, 0) is 16.6 Å². The van der Waals surface area contributed by atoms with Crippen LogP contribution in [0.1, 0.15) is 5.82 Å². The summed E-state index contributed by atoms with van der Waals surface area (Å²) in [6, 6.07) is 4.40. The molecule has 19 heavy (non-hydrogen) atoms. The zero-order chi connectivity index (χ0) is 13.9. The van der Waals surface area contributed by atoms with Crippen LogP contribution in [0.3, 0.4) is 0 Å². The number of nitrogen functional groups attached to an aromatic ring is 1. The fraction of sp³-hybridized carbons (Fsp3) is 0.182. The maximum absolute atomic E-state index is 12.1. The minimum Gasteiger partial charge on any atom is -0.497 e. The third-order valence-corrected chi connectivity index (χ3v) is 3.97. The lowest BCUT2D eigenvalue weighted by Crippen LogP contribution is -2.24. The molecule has 0 amide bonds. The number of aromatic amines is 1. The Labute approximate surface area is 110 Å². The van der Waals surface area contributed by atoms with Crippen molar-refractivity contribution in [3.8, 4) is 5.75 Å². The van der Waals surface area contributed by atoms with E-state index in [1.807, 2.05) is 0 Å². The molecule has 0 saturated heterocycles. The number of ether oxygens (including phenoxy) is 1. The highest BCUT2D eigenvalue weighted by Gasteiger charge is 2.17. The van der Waals surface area contributed by atoms with Crippen molar-refractivity contribution in [3.05, 3.63) is 36.4 Å². The van der Waals surface area contributed by atoms with Gasteiger partial charge in [0.15, 0.2) is 0 Å². The highest BCUT2D eigenvalue weighted by atomic mass is 32.2. The fourth-order valence-electron chi connectivity index (χ4n) is 1.53. The molecule has 7 nitrogen and oxygen atoms in total. The first-order valence-corrected chi connectivity index (χ1v) is 6.92. The summed E-state index contributed by atoms with van der Waals surface area (Å²) in [7, 11) is -2.20. The molecule has 0 fully saturated rings. The van der Waals surface area contributed by atoms with E-state index in [1.54, 1.807) is 12.4 Å². The number of rotatable bonds is 5. The molecule has 1 aromatic carbocycles. The van der Waals surface area contributed by atoms with E-state index in [0.717, 1.165) is 0 Å². The quantitative estimate of drug-likeness (QED) is 0.691. The van der Waals surface area contributed by atoms with Gasteiger partial charge in [0, 0.05) is 18.5 Å². The molecule has 0 aliphatic carbocycles. The predicted molar refractivity (Wildman–Crippen MR) is 70.0 cm³/mol. The number of aromatic nitrogens is 2. The summed E-state index contributed by atoms with van der Waals surface area (Å²) in [6.45, 7) is 0.0702. The minimum absolute atomic E-state index is 0.0138. The van der Waals surface area contributed by atoms with Crippen LogP contribution < -0.4 is 15.2 Å². The number of nitrogens with two attached hydrogens (primary N) is 1. The summed E-state index contributed by atoms with van der Waals surface area (Å²) in [5, 5.41) is 0. The molecule has 0 atom stereocenters. The first kappa shape index (κ1) is 13.4. The number of hydrogen-bond acceptors (Lipinski definition) is 5. The van der Waals surface area contributed by atoms with Crippen LogP contribution in [-0.4, -0.2) is 25.5 Å². The third kappa shape index (κ3) is 3.04. The lowest BCUT2D eigenvalue weighted by Gasteiger charge is -2.09. The van der Waals surface area contributed by atoms with Crippen LogP contribution >= 0.6 is 0 Å². The number of anilines is 1. The molecule has 102 valence electrons. The van der Waals surface area contributed by atoms with Crippen molar-refractivity contribution < 1.29 is 13.2 Å². The number of imidazole rings is 1. The maximum atomic E-state index is 12.1. The molecule has 0 unspecified atom stereocenters. The van der Waals surface area contributed by atoms with E-state index >= 15 is 0 Å². The summed E-state index contributed by atoms with van der Waals surface area (Å²) in [5.74, 6) is 1.03. The number of nitrogens with zero attached hydrogens (tertiary/aromatic N) is 1. The molecule has 0 radical (unpaired) electrons.